The molecule has 2 rings (SSSR count). The number of nitrogens with zero attached hydrogens (tertiary/aromatic N) is 1. The van der Waals surface area contributed by atoms with Crippen LogP contribution in [0, 0.1) is 11.7 Å². The van der Waals surface area contributed by atoms with Gasteiger partial charge in [0, 0.05) is 18.1 Å². The minimum Gasteiger partial charge on any atom is -0.369 e. The number of carbonyl (C=O) groups excluding carboxylic acids is 2. The summed E-state index contributed by atoms with van der Waals surface area (Å²) in [7, 11) is 0. The first-order valence-electron chi connectivity index (χ1n) is 6.78. The molecule has 1 aromatic rings. The Kier molecular flexibility index (Phi) is 5.13. The first-order chi connectivity index (χ1) is 10.3. The molecule has 0 aromatic heterocycles. The van der Waals surface area contributed by atoms with Crippen molar-refractivity contribution in [2.45, 2.75) is 19.4 Å². The highest BCUT2D eigenvalue weighted by Gasteiger charge is 2.30. The number of carbonyl (C=O) groups is 2. The SMILES string of the molecule is C[C@@H](NC(=O)N1CC[C@H](C(N)=O)C1)c1cc(F)c(Cl)cc1Cl. The molecule has 22 heavy (non-hydrogen) atoms. The van der Waals surface area contributed by atoms with Gasteiger partial charge >= 0.3 is 6.03 Å². The van der Waals surface area contributed by atoms with Crippen LogP contribution in [0.3, 0.4) is 0 Å². The molecule has 3 amide bonds. The van der Waals surface area contributed by atoms with Crippen LogP contribution in [-0.4, -0.2) is 29.9 Å². The van der Waals surface area contributed by atoms with Crippen molar-refractivity contribution in [2.75, 3.05) is 13.1 Å². The average molecular weight is 348 g/mol. The number of amides is 3. The van der Waals surface area contributed by atoms with E-state index in [0.717, 1.165) is 0 Å². The van der Waals surface area contributed by atoms with Crippen LogP contribution in [0.4, 0.5) is 9.18 Å². The van der Waals surface area contributed by atoms with Crippen LogP contribution in [0.2, 0.25) is 10.0 Å². The van der Waals surface area contributed by atoms with Gasteiger partial charge in [-0.2, -0.15) is 0 Å². The predicted octanol–water partition coefficient (Wildman–Crippen LogP) is 2.71. The number of urea groups is 1. The van der Waals surface area contributed by atoms with Gasteiger partial charge in [-0.25, -0.2) is 9.18 Å². The van der Waals surface area contributed by atoms with Gasteiger partial charge in [0.25, 0.3) is 0 Å². The van der Waals surface area contributed by atoms with Crippen LogP contribution in [-0.2, 0) is 4.79 Å². The Balaban J connectivity index is 2.03. The maximum absolute atomic E-state index is 13.5. The second-order valence-corrected chi connectivity index (χ2v) is 6.11. The van der Waals surface area contributed by atoms with Crippen molar-refractivity contribution < 1.29 is 14.0 Å². The number of likely N-dealkylation sites (tertiary alicyclic amines) is 1. The number of hydrogen-bond donors (Lipinski definition) is 2. The number of nitrogens with one attached hydrogen (secondary N) is 1. The van der Waals surface area contributed by atoms with E-state index in [9.17, 15) is 14.0 Å². The Bertz CT molecular complexity index is 612. The molecule has 1 fully saturated rings. The minimum atomic E-state index is -0.600. The van der Waals surface area contributed by atoms with Gasteiger partial charge in [-0.05, 0) is 31.0 Å². The van der Waals surface area contributed by atoms with Gasteiger partial charge in [-0.1, -0.05) is 23.2 Å². The molecule has 0 saturated carbocycles. The van der Waals surface area contributed by atoms with Crippen LogP contribution < -0.4 is 11.1 Å². The summed E-state index contributed by atoms with van der Waals surface area (Å²) in [5, 5.41) is 2.93. The number of benzene rings is 1. The van der Waals surface area contributed by atoms with E-state index in [1.165, 1.54) is 17.0 Å². The molecule has 5 nitrogen and oxygen atoms in total. The van der Waals surface area contributed by atoms with Crippen molar-refractivity contribution in [3.8, 4) is 0 Å². The highest BCUT2D eigenvalue weighted by molar-refractivity contribution is 6.35. The summed E-state index contributed by atoms with van der Waals surface area (Å²) in [5.41, 5.74) is 5.67. The van der Waals surface area contributed by atoms with Crippen LogP contribution in [0.25, 0.3) is 0 Å². The molecule has 0 radical (unpaired) electrons. The van der Waals surface area contributed by atoms with Gasteiger partial charge in [0.15, 0.2) is 0 Å². The number of rotatable bonds is 3. The quantitative estimate of drug-likeness (QED) is 0.824. The molecule has 3 N–H and O–H groups in total. The number of hydrogen-bond acceptors (Lipinski definition) is 2. The van der Waals surface area contributed by atoms with Crippen LogP contribution in [0.15, 0.2) is 12.1 Å². The van der Waals surface area contributed by atoms with Crippen molar-refractivity contribution in [3.05, 3.63) is 33.6 Å². The van der Waals surface area contributed by atoms with Crippen molar-refractivity contribution in [1.29, 1.82) is 0 Å². The third-order valence-corrected chi connectivity index (χ3v) is 4.34. The second kappa shape index (κ2) is 6.71. The van der Waals surface area contributed by atoms with Gasteiger partial charge in [-0.3, -0.25) is 4.79 Å². The third kappa shape index (κ3) is 3.62. The van der Waals surface area contributed by atoms with Crippen LogP contribution in [0.5, 0.6) is 0 Å². The molecular formula is C14H16Cl2FN3O2. The van der Waals surface area contributed by atoms with E-state index in [1.54, 1.807) is 6.92 Å². The maximum Gasteiger partial charge on any atom is 0.317 e. The summed E-state index contributed by atoms with van der Waals surface area (Å²) in [6.45, 7) is 2.43. The molecule has 1 heterocycles. The molecule has 1 aliphatic heterocycles. The molecule has 1 aliphatic rings. The highest BCUT2D eigenvalue weighted by Crippen LogP contribution is 2.29. The first kappa shape index (κ1) is 16.8. The van der Waals surface area contributed by atoms with E-state index in [-0.39, 0.29) is 28.5 Å². The monoisotopic (exact) mass is 347 g/mol. The summed E-state index contributed by atoms with van der Waals surface area (Å²) in [5.74, 6) is -1.33. The van der Waals surface area contributed by atoms with Gasteiger partial charge in [0.1, 0.15) is 5.82 Å². The van der Waals surface area contributed by atoms with Crippen molar-refractivity contribution in [3.63, 3.8) is 0 Å². The average Bonchev–Trinajstić information content (AvgIpc) is 2.92. The smallest absolute Gasteiger partial charge is 0.317 e. The van der Waals surface area contributed by atoms with E-state index >= 15 is 0 Å². The Morgan fingerprint density at radius 2 is 2.09 bits per heavy atom. The minimum absolute atomic E-state index is 0.0730. The summed E-state index contributed by atoms with van der Waals surface area (Å²) < 4.78 is 13.5. The van der Waals surface area contributed by atoms with E-state index < -0.39 is 17.8 Å². The zero-order valence-corrected chi connectivity index (χ0v) is 13.4. The lowest BCUT2D eigenvalue weighted by molar-refractivity contribution is -0.121. The van der Waals surface area contributed by atoms with Crippen molar-refractivity contribution >= 4 is 35.1 Å². The zero-order chi connectivity index (χ0) is 16.4. The number of primary amides is 1. The maximum atomic E-state index is 13.5. The lowest BCUT2D eigenvalue weighted by atomic mass is 10.1. The Labute approximate surface area is 137 Å². The molecule has 8 heteroatoms. The van der Waals surface area contributed by atoms with E-state index in [0.29, 0.717) is 18.5 Å². The molecule has 0 spiro atoms. The summed E-state index contributed by atoms with van der Waals surface area (Å²) in [6, 6.07) is 1.66. The lowest BCUT2D eigenvalue weighted by Gasteiger charge is -2.22. The van der Waals surface area contributed by atoms with Crippen LogP contribution in [0.1, 0.15) is 24.9 Å². The molecule has 0 aliphatic carbocycles. The van der Waals surface area contributed by atoms with E-state index in [2.05, 4.69) is 5.32 Å². The molecule has 0 unspecified atom stereocenters. The van der Waals surface area contributed by atoms with Gasteiger partial charge in [0.05, 0.1) is 17.0 Å². The van der Waals surface area contributed by atoms with Gasteiger partial charge in [0.2, 0.25) is 5.91 Å². The normalized spacial score (nSPS) is 19.1. The lowest BCUT2D eigenvalue weighted by Crippen LogP contribution is -2.40. The van der Waals surface area contributed by atoms with Gasteiger partial charge in [-0.15, -0.1) is 0 Å². The van der Waals surface area contributed by atoms with E-state index in [4.69, 9.17) is 28.9 Å². The predicted molar refractivity (Wildman–Crippen MR) is 82.2 cm³/mol. The van der Waals surface area contributed by atoms with E-state index in [1.807, 2.05) is 0 Å². The zero-order valence-electron chi connectivity index (χ0n) is 11.9. The summed E-state index contributed by atoms with van der Waals surface area (Å²) in [4.78, 5) is 24.8. The summed E-state index contributed by atoms with van der Waals surface area (Å²) >= 11 is 11.7. The molecule has 1 saturated heterocycles. The Morgan fingerprint density at radius 3 is 2.68 bits per heavy atom. The highest BCUT2D eigenvalue weighted by atomic mass is 35.5. The molecule has 1 aromatic carbocycles. The topological polar surface area (TPSA) is 75.4 Å². The molecule has 120 valence electrons. The fourth-order valence-electron chi connectivity index (χ4n) is 2.40. The molecule has 2 atom stereocenters. The fraction of sp³-hybridized carbons (Fsp3) is 0.429. The first-order valence-corrected chi connectivity index (χ1v) is 7.54. The van der Waals surface area contributed by atoms with Gasteiger partial charge < -0.3 is 16.0 Å². The molecule has 0 bridgehead atoms. The third-order valence-electron chi connectivity index (χ3n) is 3.72. The Hall–Kier alpha value is -1.53. The number of nitrogens with two attached hydrogens (primary N) is 1. The Morgan fingerprint density at radius 1 is 1.41 bits per heavy atom. The van der Waals surface area contributed by atoms with Crippen LogP contribution >= 0.6 is 23.2 Å². The fourth-order valence-corrected chi connectivity index (χ4v) is 2.95. The standard InChI is InChI=1S/C14H16Cl2FN3O2/c1-7(9-4-12(17)11(16)5-10(9)15)19-14(22)20-3-2-8(6-20)13(18)21/h4-5,7-8H,2-3,6H2,1H3,(H2,18,21)(H,19,22)/t7-,8+/m1/s1. The summed E-state index contributed by atoms with van der Waals surface area (Å²) in [6.07, 6.45) is 0.549. The number of halogens is 3. The largest absolute Gasteiger partial charge is 0.369 e. The van der Waals surface area contributed by atoms with Crippen molar-refractivity contribution in [2.24, 2.45) is 11.7 Å². The second-order valence-electron chi connectivity index (χ2n) is 5.29. The molecular weight excluding hydrogens is 332 g/mol. The van der Waals surface area contributed by atoms with Crippen molar-refractivity contribution in [1.82, 2.24) is 10.2 Å².